The average Bonchev–Trinajstić information content (AvgIpc) is 2.35. The summed E-state index contributed by atoms with van der Waals surface area (Å²) in [4.78, 5) is 0. The number of rotatable bonds is 12. The van der Waals surface area contributed by atoms with Crippen molar-refractivity contribution >= 4 is 0 Å². The molecular weight excluding hydrogens is 208 g/mol. The van der Waals surface area contributed by atoms with Crippen LogP contribution >= 0.6 is 0 Å². The summed E-state index contributed by atoms with van der Waals surface area (Å²) in [6, 6.07) is 0. The fraction of sp³-hybridized carbons (Fsp3) is 0.750. The second kappa shape index (κ2) is 15.4. The fourth-order valence-electron chi connectivity index (χ4n) is 1.76. The predicted octanol–water partition coefficient (Wildman–Crippen LogP) is 5.01. The smallest absolute Gasteiger partial charge is 0.0465 e. The van der Waals surface area contributed by atoms with Gasteiger partial charge in [-0.1, -0.05) is 50.5 Å². The van der Waals surface area contributed by atoms with Crippen molar-refractivity contribution in [2.24, 2.45) is 0 Å². The van der Waals surface area contributed by atoms with Crippen molar-refractivity contribution in [3.63, 3.8) is 0 Å². The Kier molecular flexibility index (Phi) is 14.9. The molecule has 0 aliphatic carbocycles. The minimum Gasteiger partial charge on any atom is -0.396 e. The Balaban J connectivity index is 3.07. The quantitative estimate of drug-likeness (QED) is 0.374. The molecule has 0 saturated heterocycles. The Morgan fingerprint density at radius 3 is 1.59 bits per heavy atom. The highest BCUT2D eigenvalue weighted by Crippen LogP contribution is 2.06. The highest BCUT2D eigenvalue weighted by Gasteiger charge is 1.86. The summed E-state index contributed by atoms with van der Waals surface area (Å²) in [5.74, 6) is 0. The molecule has 0 radical (unpaired) electrons. The second-order valence-electron chi connectivity index (χ2n) is 4.59. The molecule has 0 rings (SSSR count). The maximum atomic E-state index is 8.58. The van der Waals surface area contributed by atoms with Gasteiger partial charge in [-0.2, -0.15) is 0 Å². The normalized spacial score (nSPS) is 11.9. The van der Waals surface area contributed by atoms with Crippen LogP contribution in [0, 0.1) is 0 Å². The van der Waals surface area contributed by atoms with Gasteiger partial charge in [0.2, 0.25) is 0 Å². The molecule has 17 heavy (non-hydrogen) atoms. The van der Waals surface area contributed by atoms with Gasteiger partial charge < -0.3 is 5.11 Å². The molecule has 0 aliphatic heterocycles. The van der Waals surface area contributed by atoms with Gasteiger partial charge in [-0.15, -0.1) is 0 Å². The number of allylic oxidation sites excluding steroid dienone is 3. The molecule has 0 aromatic rings. The largest absolute Gasteiger partial charge is 0.396 e. The Labute approximate surface area is 108 Å². The Morgan fingerprint density at radius 2 is 1.12 bits per heavy atom. The molecule has 0 amide bonds. The summed E-state index contributed by atoms with van der Waals surface area (Å²) in [6.45, 7) is 2.53. The van der Waals surface area contributed by atoms with E-state index in [0.717, 1.165) is 6.42 Å². The standard InChI is InChI=1S/C16H30O/c1-2-3-4-5-6-7-8-9-10-11-12-13-14-15-16-17/h6-7,13-14,17H,2-5,8-12,15-16H2,1H3/b7-6+,14-13+. The molecule has 1 N–H and O–H groups in total. The third-order valence-electron chi connectivity index (χ3n) is 2.85. The van der Waals surface area contributed by atoms with Gasteiger partial charge in [-0.3, -0.25) is 0 Å². The number of unbranched alkanes of at least 4 members (excludes halogenated alkanes) is 7. The minimum atomic E-state index is 0.277. The topological polar surface area (TPSA) is 20.2 Å². The predicted molar refractivity (Wildman–Crippen MR) is 77.2 cm³/mol. The van der Waals surface area contributed by atoms with E-state index in [1.165, 1.54) is 57.8 Å². The van der Waals surface area contributed by atoms with Crippen molar-refractivity contribution in [3.8, 4) is 0 Å². The molecule has 0 heterocycles. The summed E-state index contributed by atoms with van der Waals surface area (Å²) in [5.41, 5.74) is 0. The zero-order valence-corrected chi connectivity index (χ0v) is 11.5. The molecule has 0 atom stereocenters. The molecule has 1 heteroatoms. The molecule has 0 fully saturated rings. The van der Waals surface area contributed by atoms with E-state index >= 15 is 0 Å². The first kappa shape index (κ1) is 16.4. The molecule has 0 aliphatic rings. The lowest BCUT2D eigenvalue weighted by molar-refractivity contribution is 0.302. The molecular formula is C16H30O. The second-order valence-corrected chi connectivity index (χ2v) is 4.59. The van der Waals surface area contributed by atoms with Crippen LogP contribution in [0.4, 0.5) is 0 Å². The van der Waals surface area contributed by atoms with E-state index in [9.17, 15) is 0 Å². The van der Waals surface area contributed by atoms with Crippen LogP contribution in [0.1, 0.15) is 71.1 Å². The van der Waals surface area contributed by atoms with Crippen molar-refractivity contribution in [2.75, 3.05) is 6.61 Å². The fourth-order valence-corrected chi connectivity index (χ4v) is 1.76. The van der Waals surface area contributed by atoms with E-state index < -0.39 is 0 Å². The van der Waals surface area contributed by atoms with E-state index in [4.69, 9.17) is 5.11 Å². The highest BCUT2D eigenvalue weighted by atomic mass is 16.2. The van der Waals surface area contributed by atoms with E-state index in [1.807, 2.05) is 0 Å². The summed E-state index contributed by atoms with van der Waals surface area (Å²) in [5, 5.41) is 8.58. The van der Waals surface area contributed by atoms with E-state index in [-0.39, 0.29) is 6.61 Å². The van der Waals surface area contributed by atoms with Gasteiger partial charge in [0, 0.05) is 6.61 Å². The summed E-state index contributed by atoms with van der Waals surface area (Å²) >= 11 is 0. The van der Waals surface area contributed by atoms with Gasteiger partial charge in [0.15, 0.2) is 0 Å². The third kappa shape index (κ3) is 15.4. The maximum Gasteiger partial charge on any atom is 0.0465 e. The number of aliphatic hydroxyl groups excluding tert-OH is 1. The average molecular weight is 238 g/mol. The summed E-state index contributed by atoms with van der Waals surface area (Å²) in [6.07, 6.45) is 21.4. The van der Waals surface area contributed by atoms with Crippen LogP contribution in [0.3, 0.4) is 0 Å². The van der Waals surface area contributed by atoms with Crippen LogP contribution in [0.5, 0.6) is 0 Å². The highest BCUT2D eigenvalue weighted by molar-refractivity contribution is 4.82. The minimum absolute atomic E-state index is 0.277. The molecule has 0 aromatic heterocycles. The van der Waals surface area contributed by atoms with Crippen molar-refractivity contribution in [1.82, 2.24) is 0 Å². The van der Waals surface area contributed by atoms with Crippen LogP contribution in [0.15, 0.2) is 24.3 Å². The molecule has 100 valence electrons. The van der Waals surface area contributed by atoms with E-state index in [2.05, 4.69) is 31.2 Å². The lowest BCUT2D eigenvalue weighted by Gasteiger charge is -1.96. The zero-order valence-electron chi connectivity index (χ0n) is 11.5. The number of aliphatic hydroxyl groups is 1. The van der Waals surface area contributed by atoms with Crippen molar-refractivity contribution < 1.29 is 5.11 Å². The van der Waals surface area contributed by atoms with E-state index in [0.29, 0.717) is 0 Å². The maximum absolute atomic E-state index is 8.58. The van der Waals surface area contributed by atoms with Gasteiger partial charge in [0.05, 0.1) is 0 Å². The zero-order chi connectivity index (χ0) is 12.6. The Morgan fingerprint density at radius 1 is 0.647 bits per heavy atom. The van der Waals surface area contributed by atoms with Gasteiger partial charge in [0.1, 0.15) is 0 Å². The molecule has 0 saturated carbocycles. The Hall–Kier alpha value is -0.560. The van der Waals surface area contributed by atoms with Crippen molar-refractivity contribution in [3.05, 3.63) is 24.3 Å². The molecule has 1 nitrogen and oxygen atoms in total. The van der Waals surface area contributed by atoms with Crippen LogP contribution in [-0.4, -0.2) is 11.7 Å². The number of hydrogen-bond donors (Lipinski definition) is 1. The van der Waals surface area contributed by atoms with Gasteiger partial charge >= 0.3 is 0 Å². The van der Waals surface area contributed by atoms with Crippen LogP contribution in [0.25, 0.3) is 0 Å². The van der Waals surface area contributed by atoms with Gasteiger partial charge in [-0.25, -0.2) is 0 Å². The third-order valence-corrected chi connectivity index (χ3v) is 2.85. The Bertz CT molecular complexity index is 182. The summed E-state index contributed by atoms with van der Waals surface area (Å²) in [7, 11) is 0. The van der Waals surface area contributed by atoms with Crippen LogP contribution in [0.2, 0.25) is 0 Å². The molecule has 0 unspecified atom stereocenters. The van der Waals surface area contributed by atoms with Crippen LogP contribution < -0.4 is 0 Å². The molecule has 0 spiro atoms. The first-order valence-corrected chi connectivity index (χ1v) is 7.32. The van der Waals surface area contributed by atoms with E-state index in [1.54, 1.807) is 0 Å². The summed E-state index contributed by atoms with van der Waals surface area (Å²) < 4.78 is 0. The SMILES string of the molecule is CCCCC/C=C/CCCCC/C=C/CCO. The number of hydrogen-bond acceptors (Lipinski definition) is 1. The first-order valence-electron chi connectivity index (χ1n) is 7.32. The monoisotopic (exact) mass is 238 g/mol. The van der Waals surface area contributed by atoms with Gasteiger partial charge in [-0.05, 0) is 44.9 Å². The first-order chi connectivity index (χ1) is 8.41. The van der Waals surface area contributed by atoms with Crippen LogP contribution in [-0.2, 0) is 0 Å². The molecule has 0 aromatic carbocycles. The van der Waals surface area contributed by atoms with Crippen molar-refractivity contribution in [1.29, 1.82) is 0 Å². The lowest BCUT2D eigenvalue weighted by Crippen LogP contribution is -1.77. The molecule has 0 bridgehead atoms. The van der Waals surface area contributed by atoms with Crippen molar-refractivity contribution in [2.45, 2.75) is 71.1 Å². The lowest BCUT2D eigenvalue weighted by atomic mass is 10.1. The van der Waals surface area contributed by atoms with Gasteiger partial charge in [0.25, 0.3) is 0 Å².